The van der Waals surface area contributed by atoms with Gasteiger partial charge < -0.3 is 27.9 Å². The molecule has 1 aliphatic rings. The van der Waals surface area contributed by atoms with Crippen molar-refractivity contribution < 1.29 is 42.1 Å². The Balaban J connectivity index is 2.26. The second-order valence-corrected chi connectivity index (χ2v) is 18.1. The van der Waals surface area contributed by atoms with Gasteiger partial charge in [0.1, 0.15) is 19.8 Å². The minimum atomic E-state index is -4.62. The topological polar surface area (TPSA) is 136 Å². The van der Waals surface area contributed by atoms with Crippen molar-refractivity contribution >= 4 is 19.8 Å². The van der Waals surface area contributed by atoms with E-state index in [-0.39, 0.29) is 37.7 Å². The van der Waals surface area contributed by atoms with Crippen LogP contribution < -0.4 is 4.89 Å². The second-order valence-electron chi connectivity index (χ2n) is 16.7. The first-order valence-corrected chi connectivity index (χ1v) is 23.6. The van der Waals surface area contributed by atoms with Crippen molar-refractivity contribution in [3.63, 3.8) is 0 Å². The molecule has 12 heteroatoms. The zero-order valence-electron chi connectivity index (χ0n) is 35.5. The van der Waals surface area contributed by atoms with E-state index >= 15 is 0 Å². The van der Waals surface area contributed by atoms with Crippen LogP contribution in [-0.4, -0.2) is 75.7 Å². The third kappa shape index (κ3) is 31.8. The molecule has 11 nitrogen and oxygen atoms in total. The second kappa shape index (κ2) is 31.7. The van der Waals surface area contributed by atoms with Gasteiger partial charge in [-0.25, -0.2) is 0 Å². The predicted octanol–water partition coefficient (Wildman–Crippen LogP) is 11.2. The molecule has 318 valence electrons. The zero-order chi connectivity index (χ0) is 39.8. The first-order valence-electron chi connectivity index (χ1n) is 22.1. The minimum Gasteiger partial charge on any atom is -0.756 e. The van der Waals surface area contributed by atoms with Gasteiger partial charge >= 0.3 is 11.9 Å². The summed E-state index contributed by atoms with van der Waals surface area (Å²) >= 11 is 0. The Morgan fingerprint density at radius 3 is 1.48 bits per heavy atom. The molecule has 0 bridgehead atoms. The minimum absolute atomic E-state index is 0.0174. The lowest BCUT2D eigenvalue weighted by molar-refractivity contribution is -0.870. The van der Waals surface area contributed by atoms with Gasteiger partial charge in [-0.2, -0.15) is 10.2 Å². The molecule has 0 amide bonds. The maximum Gasteiger partial charge on any atom is 0.306 e. The van der Waals surface area contributed by atoms with Gasteiger partial charge in [0.15, 0.2) is 11.8 Å². The van der Waals surface area contributed by atoms with Crippen molar-refractivity contribution in [2.24, 2.45) is 10.2 Å². The maximum absolute atomic E-state index is 12.7. The molecule has 1 aliphatic heterocycles. The summed E-state index contributed by atoms with van der Waals surface area (Å²) < 4.78 is 33.9. The fraction of sp³-hybridized carbons (Fsp3) is 0.952. The number of rotatable bonds is 40. The van der Waals surface area contributed by atoms with E-state index in [2.05, 4.69) is 24.1 Å². The van der Waals surface area contributed by atoms with E-state index in [9.17, 15) is 19.0 Å². The highest BCUT2D eigenvalue weighted by Crippen LogP contribution is 2.39. The summed E-state index contributed by atoms with van der Waals surface area (Å²) in [6.45, 7) is 4.18. The molecule has 0 saturated carbocycles. The summed E-state index contributed by atoms with van der Waals surface area (Å²) in [4.78, 5) is 37.5. The highest BCUT2D eigenvalue weighted by atomic mass is 31.2. The van der Waals surface area contributed by atoms with Crippen LogP contribution in [0.2, 0.25) is 0 Å². The number of phosphoric ester groups is 1. The number of nitrogens with zero attached hydrogens (tertiary/aromatic N) is 3. The Hall–Kier alpha value is -1.39. The fourth-order valence-corrected chi connectivity index (χ4v) is 7.22. The van der Waals surface area contributed by atoms with Gasteiger partial charge in [-0.3, -0.25) is 14.2 Å². The lowest BCUT2D eigenvalue weighted by Crippen LogP contribution is -2.37. The number of unbranched alkanes of at least 4 members (excludes halogenated alkanes) is 22. The summed E-state index contributed by atoms with van der Waals surface area (Å²) in [6.07, 6.45) is 31.2. The fourth-order valence-electron chi connectivity index (χ4n) is 6.49. The number of phosphoric acid groups is 1. The Labute approximate surface area is 330 Å². The molecule has 0 aromatic rings. The van der Waals surface area contributed by atoms with Crippen molar-refractivity contribution in [3.8, 4) is 0 Å². The molecule has 0 spiro atoms. The van der Waals surface area contributed by atoms with Crippen LogP contribution in [0.15, 0.2) is 10.2 Å². The lowest BCUT2D eigenvalue weighted by atomic mass is 9.98. The van der Waals surface area contributed by atoms with Crippen molar-refractivity contribution in [2.45, 2.75) is 212 Å². The number of hydrogen-bond donors (Lipinski definition) is 0. The van der Waals surface area contributed by atoms with Crippen molar-refractivity contribution in [1.29, 1.82) is 0 Å². The molecule has 0 aromatic carbocycles. The van der Waals surface area contributed by atoms with E-state index in [1.165, 1.54) is 116 Å². The van der Waals surface area contributed by atoms with E-state index in [0.29, 0.717) is 17.4 Å². The van der Waals surface area contributed by atoms with Gasteiger partial charge in [-0.15, -0.1) is 0 Å². The SMILES string of the molecule is CCCCCCCCCCCCCCCC(=O)OCC(COP(=O)([O-])OCC[N+](C)(C)C)OC(=O)CCCCCCCCCCCCC1(CCCC)N=N1. The number of quaternary nitrogens is 1. The average Bonchev–Trinajstić information content (AvgIpc) is 3.90. The van der Waals surface area contributed by atoms with Crippen molar-refractivity contribution in [3.05, 3.63) is 0 Å². The molecular formula is C42H82N3O8P. The molecule has 0 saturated heterocycles. The van der Waals surface area contributed by atoms with Crippen LogP contribution in [0.5, 0.6) is 0 Å². The standard InChI is InChI=1S/C42H82N3O8P/c1-6-8-10-11-12-13-14-15-16-19-22-25-28-31-40(46)50-37-39(38-52-54(48,49)51-36-35-45(3,4)5)53-41(47)32-29-26-23-20-17-18-21-24-27-30-34-42(43-44-42)33-9-7-2/h39H,6-38H2,1-5H3. The Kier molecular flexibility index (Phi) is 29.7. The highest BCUT2D eigenvalue weighted by molar-refractivity contribution is 7.45. The van der Waals surface area contributed by atoms with Gasteiger partial charge in [-0.05, 0) is 38.5 Å². The summed E-state index contributed by atoms with van der Waals surface area (Å²) in [5.74, 6) is -0.837. The smallest absolute Gasteiger partial charge is 0.306 e. The number of esters is 2. The third-order valence-corrected chi connectivity index (χ3v) is 11.1. The lowest BCUT2D eigenvalue weighted by Gasteiger charge is -2.28. The molecule has 0 fully saturated rings. The molecule has 0 N–H and O–H groups in total. The van der Waals surface area contributed by atoms with Gasteiger partial charge in [0.2, 0.25) is 0 Å². The zero-order valence-corrected chi connectivity index (χ0v) is 36.4. The molecule has 0 aromatic heterocycles. The average molecular weight is 788 g/mol. The van der Waals surface area contributed by atoms with Crippen molar-refractivity contribution in [2.75, 3.05) is 47.5 Å². The van der Waals surface area contributed by atoms with Crippen LogP contribution in [0.3, 0.4) is 0 Å². The largest absolute Gasteiger partial charge is 0.756 e. The number of carbonyl (C=O) groups excluding carboxylic acids is 2. The molecule has 1 rings (SSSR count). The molecule has 0 radical (unpaired) electrons. The molecule has 0 aliphatic carbocycles. The number of likely N-dealkylation sites (N-methyl/N-ethyl adjacent to an activating group) is 1. The van der Waals surface area contributed by atoms with E-state index < -0.39 is 26.5 Å². The Morgan fingerprint density at radius 1 is 0.593 bits per heavy atom. The first-order chi connectivity index (χ1) is 25.9. The number of hydrogen-bond acceptors (Lipinski definition) is 10. The molecule has 1 heterocycles. The van der Waals surface area contributed by atoms with Gasteiger partial charge in [0.25, 0.3) is 7.82 Å². The summed E-state index contributed by atoms with van der Waals surface area (Å²) in [5.41, 5.74) is -0.0174. The predicted molar refractivity (Wildman–Crippen MR) is 216 cm³/mol. The van der Waals surface area contributed by atoms with E-state index in [0.717, 1.165) is 51.4 Å². The Morgan fingerprint density at radius 2 is 1.02 bits per heavy atom. The van der Waals surface area contributed by atoms with Crippen LogP contribution in [0.4, 0.5) is 0 Å². The van der Waals surface area contributed by atoms with Crippen LogP contribution in [-0.2, 0) is 32.7 Å². The quantitative estimate of drug-likeness (QED) is 0.0259. The van der Waals surface area contributed by atoms with Crippen LogP contribution >= 0.6 is 7.82 Å². The summed E-state index contributed by atoms with van der Waals surface area (Å²) in [7, 11) is 1.16. The molecular weight excluding hydrogens is 705 g/mol. The summed E-state index contributed by atoms with van der Waals surface area (Å²) in [5, 5.41) is 8.60. The Bertz CT molecular complexity index is 1020. The van der Waals surface area contributed by atoms with Crippen LogP contribution in [0, 0.1) is 0 Å². The van der Waals surface area contributed by atoms with E-state index in [4.69, 9.17) is 18.5 Å². The van der Waals surface area contributed by atoms with Gasteiger partial charge in [0, 0.05) is 12.8 Å². The first kappa shape index (κ1) is 50.6. The number of ether oxygens (including phenoxy) is 2. The van der Waals surface area contributed by atoms with Crippen molar-refractivity contribution in [1.82, 2.24) is 0 Å². The summed E-state index contributed by atoms with van der Waals surface area (Å²) in [6, 6.07) is 0. The van der Waals surface area contributed by atoms with Crippen LogP contribution in [0.1, 0.15) is 200 Å². The normalized spacial score (nSPS) is 15.2. The molecule has 54 heavy (non-hydrogen) atoms. The van der Waals surface area contributed by atoms with Gasteiger partial charge in [0.05, 0.1) is 27.7 Å². The monoisotopic (exact) mass is 788 g/mol. The highest BCUT2D eigenvalue weighted by Gasteiger charge is 2.38. The third-order valence-electron chi connectivity index (χ3n) is 10.2. The molecule has 2 unspecified atom stereocenters. The number of carbonyl (C=O) groups is 2. The molecule has 2 atom stereocenters. The van der Waals surface area contributed by atoms with Gasteiger partial charge in [-0.1, -0.05) is 149 Å². The van der Waals surface area contributed by atoms with Crippen LogP contribution in [0.25, 0.3) is 0 Å². The van der Waals surface area contributed by atoms with E-state index in [1.54, 1.807) is 0 Å². The van der Waals surface area contributed by atoms with E-state index in [1.807, 2.05) is 21.1 Å². The maximum atomic E-state index is 12.7.